The number of rotatable bonds is 6. The van der Waals surface area contributed by atoms with Crippen molar-refractivity contribution in [1.29, 1.82) is 0 Å². The van der Waals surface area contributed by atoms with E-state index in [1.54, 1.807) is 34.6 Å². The number of hydrogen-bond acceptors (Lipinski definition) is 5. The molecule has 0 aromatic carbocycles. The van der Waals surface area contributed by atoms with Crippen molar-refractivity contribution >= 4 is 7.60 Å². The normalized spacial score (nSPS) is 13.1. The van der Waals surface area contributed by atoms with E-state index in [0.717, 1.165) is 5.82 Å². The van der Waals surface area contributed by atoms with Gasteiger partial charge in [0.2, 0.25) is 0 Å². The second-order valence-corrected chi connectivity index (χ2v) is 5.89. The molecule has 0 amide bonds. The Kier molecular flexibility index (Phi) is 9.99. The van der Waals surface area contributed by atoms with Crippen LogP contribution in [0.3, 0.4) is 0 Å². The molecule has 0 N–H and O–H groups in total. The zero-order valence-corrected chi connectivity index (χ0v) is 14.4. The van der Waals surface area contributed by atoms with E-state index in [9.17, 15) is 9.67 Å². The van der Waals surface area contributed by atoms with E-state index in [2.05, 4.69) is 0 Å². The average molecular weight is 274 g/mol. The van der Waals surface area contributed by atoms with E-state index >= 15 is 0 Å². The summed E-state index contributed by atoms with van der Waals surface area (Å²) in [7, 11) is -3.46. The first-order valence-corrected chi connectivity index (χ1v) is 6.81. The molecule has 96 valence electrons. The van der Waals surface area contributed by atoms with Crippen LogP contribution in [0.25, 0.3) is 0 Å². The van der Waals surface area contributed by atoms with Gasteiger partial charge in [0.15, 0.2) is 0 Å². The Morgan fingerprint density at radius 2 is 1.65 bits per heavy atom. The molecule has 0 spiro atoms. The monoisotopic (exact) mass is 274 g/mol. The molecule has 0 aromatic heterocycles. The minimum absolute atomic E-state index is 0. The van der Waals surface area contributed by atoms with Crippen LogP contribution in [0.15, 0.2) is 11.8 Å². The second kappa shape index (κ2) is 8.57. The first kappa shape index (κ1) is 19.8. The number of hydrogen-bond donors (Lipinski definition) is 0. The second-order valence-electron chi connectivity index (χ2n) is 4.04. The first-order valence-electron chi connectivity index (χ1n) is 5.20. The van der Waals surface area contributed by atoms with Crippen molar-refractivity contribution in [2.75, 3.05) is 13.2 Å². The Bertz CT molecular complexity index is 275. The molecule has 0 aliphatic heterocycles. The van der Waals surface area contributed by atoms with E-state index in [1.165, 1.54) is 0 Å². The van der Waals surface area contributed by atoms with Crippen molar-refractivity contribution in [2.45, 2.75) is 40.2 Å². The Morgan fingerprint density at radius 1 is 1.24 bits per heavy atom. The molecule has 0 bridgehead atoms. The Hall–Kier alpha value is 0.490. The molecule has 0 saturated heterocycles. The van der Waals surface area contributed by atoms with E-state index in [0.29, 0.717) is 0 Å². The van der Waals surface area contributed by atoms with Crippen LogP contribution < -0.4 is 34.7 Å². The summed E-state index contributed by atoms with van der Waals surface area (Å²) in [6.45, 7) is 8.94. The smallest absolute Gasteiger partial charge is 0.607 e. The maximum Gasteiger partial charge on any atom is 1.00 e. The molecule has 0 heterocycles. The van der Waals surface area contributed by atoms with Crippen LogP contribution in [0.4, 0.5) is 0 Å². The summed E-state index contributed by atoms with van der Waals surface area (Å²) in [5.74, 6) is 0.184. The quantitative estimate of drug-likeness (QED) is 0.361. The molecular weight excluding hydrogens is 254 g/mol. The van der Waals surface area contributed by atoms with Gasteiger partial charge in [0.25, 0.3) is 0 Å². The molecule has 0 aliphatic carbocycles. The van der Waals surface area contributed by atoms with Gasteiger partial charge < -0.3 is 18.9 Å². The zero-order valence-electron chi connectivity index (χ0n) is 11.5. The summed E-state index contributed by atoms with van der Waals surface area (Å²) in [6, 6.07) is 0. The fraction of sp³-hybridized carbons (Fsp3) is 0.800. The minimum Gasteiger partial charge on any atom is -0.607 e. The van der Waals surface area contributed by atoms with Crippen LogP contribution in [0.5, 0.6) is 0 Å². The van der Waals surface area contributed by atoms with E-state index in [4.69, 9.17) is 13.8 Å². The van der Waals surface area contributed by atoms with Gasteiger partial charge >= 0.3 is 37.2 Å². The molecule has 0 aliphatic rings. The summed E-state index contributed by atoms with van der Waals surface area (Å²) in [6.07, 6.45) is 0. The summed E-state index contributed by atoms with van der Waals surface area (Å²) in [5, 5.41) is 11.4. The molecular formula is C10H20NaO5P. The van der Waals surface area contributed by atoms with Gasteiger partial charge in [-0.1, -0.05) is 20.8 Å². The molecule has 0 fully saturated rings. The topological polar surface area (TPSA) is 67.8 Å². The standard InChI is InChI=1S/C10H21O5P.Na/c1-6-13-16(12,14-7-2)8-9(11)15-10(3,4)5;/h8,11H,6-7H2,1-5H3;/q;+1/p-1. The van der Waals surface area contributed by atoms with Crippen LogP contribution in [0, 0.1) is 0 Å². The van der Waals surface area contributed by atoms with E-state index < -0.39 is 19.1 Å². The van der Waals surface area contributed by atoms with Gasteiger partial charge in [0.1, 0.15) is 0 Å². The van der Waals surface area contributed by atoms with Crippen LogP contribution in [0.2, 0.25) is 0 Å². The molecule has 0 saturated carbocycles. The van der Waals surface area contributed by atoms with Crippen LogP contribution in [0.1, 0.15) is 34.6 Å². The Morgan fingerprint density at radius 3 is 1.94 bits per heavy atom. The summed E-state index contributed by atoms with van der Waals surface area (Å²) >= 11 is 0. The molecule has 17 heavy (non-hydrogen) atoms. The molecule has 0 aromatic rings. The van der Waals surface area contributed by atoms with Crippen LogP contribution >= 0.6 is 7.60 Å². The summed E-state index contributed by atoms with van der Waals surface area (Å²) < 4.78 is 26.8. The van der Waals surface area contributed by atoms with Crippen molar-refractivity contribution in [3.63, 3.8) is 0 Å². The maximum absolute atomic E-state index is 11.9. The molecule has 0 unspecified atom stereocenters. The van der Waals surface area contributed by atoms with Crippen molar-refractivity contribution in [1.82, 2.24) is 0 Å². The van der Waals surface area contributed by atoms with Gasteiger partial charge in [-0.2, -0.15) is 0 Å². The van der Waals surface area contributed by atoms with Crippen LogP contribution in [-0.2, 0) is 18.3 Å². The summed E-state index contributed by atoms with van der Waals surface area (Å²) in [5.41, 5.74) is -0.628. The largest absolute Gasteiger partial charge is 1.00 e. The molecule has 0 radical (unpaired) electrons. The third-order valence-corrected chi connectivity index (χ3v) is 3.05. The SMILES string of the molecule is CCOP(=O)(C=C([O-])OC(C)(C)C)OCC.[Na+]. The minimum atomic E-state index is -3.46. The van der Waals surface area contributed by atoms with Gasteiger partial charge in [-0.3, -0.25) is 4.57 Å². The van der Waals surface area contributed by atoms with E-state index in [1.807, 2.05) is 0 Å². The molecule has 0 rings (SSSR count). The van der Waals surface area contributed by atoms with Crippen molar-refractivity contribution in [3.05, 3.63) is 11.8 Å². The number of ether oxygens (including phenoxy) is 1. The molecule has 0 atom stereocenters. The molecule has 7 heteroatoms. The Labute approximate surface area is 125 Å². The summed E-state index contributed by atoms with van der Waals surface area (Å²) in [4.78, 5) is 0. The van der Waals surface area contributed by atoms with Gasteiger partial charge in [-0.05, 0) is 13.8 Å². The first-order chi connectivity index (χ1) is 7.22. The van der Waals surface area contributed by atoms with Gasteiger partial charge in [-0.15, -0.1) is 0 Å². The predicted molar refractivity (Wildman–Crippen MR) is 59.8 cm³/mol. The van der Waals surface area contributed by atoms with Crippen molar-refractivity contribution in [2.24, 2.45) is 0 Å². The van der Waals surface area contributed by atoms with Crippen molar-refractivity contribution < 1.29 is 53.0 Å². The maximum atomic E-state index is 11.9. The predicted octanol–water partition coefficient (Wildman–Crippen LogP) is -0.769. The average Bonchev–Trinajstić information content (AvgIpc) is 1.99. The van der Waals surface area contributed by atoms with Gasteiger partial charge in [0, 0.05) is 11.4 Å². The zero-order chi connectivity index (χ0) is 12.8. The fourth-order valence-corrected chi connectivity index (χ4v) is 2.18. The van der Waals surface area contributed by atoms with Gasteiger partial charge in [-0.25, -0.2) is 0 Å². The third kappa shape index (κ3) is 10.1. The molecule has 5 nitrogen and oxygen atoms in total. The van der Waals surface area contributed by atoms with Crippen LogP contribution in [-0.4, -0.2) is 18.8 Å². The van der Waals surface area contributed by atoms with E-state index in [-0.39, 0.29) is 42.8 Å². The fourth-order valence-electron chi connectivity index (χ4n) is 0.929. The van der Waals surface area contributed by atoms with Crippen molar-refractivity contribution in [3.8, 4) is 0 Å². The Balaban J connectivity index is 0. The van der Waals surface area contributed by atoms with Gasteiger partial charge in [0.05, 0.1) is 19.2 Å². The third-order valence-electron chi connectivity index (χ3n) is 1.29.